The maximum absolute atomic E-state index is 11.6. The lowest BCUT2D eigenvalue weighted by Gasteiger charge is -2.37. The highest BCUT2D eigenvalue weighted by Crippen LogP contribution is 2.11. The summed E-state index contributed by atoms with van der Waals surface area (Å²) in [6.07, 6.45) is 0.792. The summed E-state index contributed by atoms with van der Waals surface area (Å²) in [5, 5.41) is 0. The van der Waals surface area contributed by atoms with E-state index in [9.17, 15) is 14.4 Å². The third-order valence-corrected chi connectivity index (χ3v) is 2.68. The van der Waals surface area contributed by atoms with Crippen LogP contribution in [0.25, 0.3) is 0 Å². The molecule has 1 rings (SSSR count). The quantitative estimate of drug-likeness (QED) is 0.468. The molecular weight excluding hydrogens is 196 g/mol. The van der Waals surface area contributed by atoms with Crippen LogP contribution in [0.15, 0.2) is 0 Å². The molecule has 1 fully saturated rings. The molecule has 0 aromatic carbocycles. The number of piperazine rings is 1. The van der Waals surface area contributed by atoms with E-state index >= 15 is 0 Å². The number of nitrogens with zero attached hydrogens (tertiary/aromatic N) is 2. The predicted octanol–water partition coefficient (Wildman–Crippen LogP) is -0.489. The molecule has 1 aliphatic heterocycles. The lowest BCUT2D eigenvalue weighted by molar-refractivity contribution is -0.157. The third-order valence-electron chi connectivity index (χ3n) is 2.68. The normalized spacial score (nSPS) is 24.3. The topological polar surface area (TPSA) is 57.7 Å². The molecule has 2 amide bonds. The van der Waals surface area contributed by atoms with Crippen LogP contribution in [0, 0.1) is 5.92 Å². The summed E-state index contributed by atoms with van der Waals surface area (Å²) in [7, 11) is 1.62. The van der Waals surface area contributed by atoms with Crippen LogP contribution in [-0.4, -0.2) is 54.1 Å². The standard InChI is InChI=1S/C10H16N2O3/c1-7(6-13)4-12-5-8(2)11(3)9(14)10(12)15/h6-8H,4-5H2,1-3H3. The molecule has 0 bridgehead atoms. The van der Waals surface area contributed by atoms with Crippen LogP contribution in [0.4, 0.5) is 0 Å². The van der Waals surface area contributed by atoms with Crippen LogP contribution in [0.1, 0.15) is 13.8 Å². The van der Waals surface area contributed by atoms with Gasteiger partial charge < -0.3 is 14.6 Å². The first-order valence-electron chi connectivity index (χ1n) is 4.98. The molecule has 1 heterocycles. The van der Waals surface area contributed by atoms with Gasteiger partial charge in [0, 0.05) is 32.1 Å². The van der Waals surface area contributed by atoms with Crippen molar-refractivity contribution >= 4 is 18.1 Å². The molecular formula is C10H16N2O3. The van der Waals surface area contributed by atoms with Crippen molar-refractivity contribution in [2.45, 2.75) is 19.9 Å². The lowest BCUT2D eigenvalue weighted by atomic mass is 10.1. The first-order chi connectivity index (χ1) is 6.97. The Bertz CT molecular complexity index is 290. The number of carbonyl (C=O) groups excluding carboxylic acids is 3. The summed E-state index contributed by atoms with van der Waals surface area (Å²) >= 11 is 0. The zero-order valence-electron chi connectivity index (χ0n) is 9.27. The van der Waals surface area contributed by atoms with E-state index in [1.165, 1.54) is 9.80 Å². The van der Waals surface area contributed by atoms with Gasteiger partial charge in [0.25, 0.3) is 0 Å². The zero-order valence-corrected chi connectivity index (χ0v) is 9.27. The van der Waals surface area contributed by atoms with E-state index < -0.39 is 11.8 Å². The molecule has 84 valence electrons. The van der Waals surface area contributed by atoms with Gasteiger partial charge in [0.05, 0.1) is 0 Å². The highest BCUT2D eigenvalue weighted by molar-refractivity contribution is 6.35. The van der Waals surface area contributed by atoms with Gasteiger partial charge in [-0.1, -0.05) is 6.92 Å². The van der Waals surface area contributed by atoms with E-state index in [0.717, 1.165) is 6.29 Å². The average Bonchev–Trinajstić information content (AvgIpc) is 2.22. The van der Waals surface area contributed by atoms with Gasteiger partial charge in [-0.25, -0.2) is 0 Å². The van der Waals surface area contributed by atoms with Gasteiger partial charge in [-0.15, -0.1) is 0 Å². The van der Waals surface area contributed by atoms with Crippen LogP contribution >= 0.6 is 0 Å². The largest absolute Gasteiger partial charge is 0.333 e. The van der Waals surface area contributed by atoms with E-state index in [1.807, 2.05) is 6.92 Å². The number of carbonyl (C=O) groups is 3. The molecule has 15 heavy (non-hydrogen) atoms. The summed E-state index contributed by atoms with van der Waals surface area (Å²) in [4.78, 5) is 36.4. The first kappa shape index (κ1) is 11.7. The number of amides is 2. The van der Waals surface area contributed by atoms with Crippen molar-refractivity contribution in [1.29, 1.82) is 0 Å². The Morgan fingerprint density at radius 1 is 1.47 bits per heavy atom. The van der Waals surface area contributed by atoms with Crippen LogP contribution < -0.4 is 0 Å². The van der Waals surface area contributed by atoms with Gasteiger partial charge in [0.1, 0.15) is 6.29 Å². The Morgan fingerprint density at radius 2 is 2.07 bits per heavy atom. The van der Waals surface area contributed by atoms with Crippen molar-refractivity contribution in [2.24, 2.45) is 5.92 Å². The number of rotatable bonds is 3. The van der Waals surface area contributed by atoms with Gasteiger partial charge in [0.2, 0.25) is 0 Å². The number of likely N-dealkylation sites (N-methyl/N-ethyl adjacent to an activating group) is 1. The van der Waals surface area contributed by atoms with Gasteiger partial charge in [-0.2, -0.15) is 0 Å². The van der Waals surface area contributed by atoms with Crippen LogP contribution in [-0.2, 0) is 14.4 Å². The lowest BCUT2D eigenvalue weighted by Crippen LogP contribution is -2.57. The molecule has 0 N–H and O–H groups in total. The Labute approximate surface area is 89.0 Å². The number of aldehydes is 1. The first-order valence-corrected chi connectivity index (χ1v) is 4.98. The molecule has 0 aromatic rings. The van der Waals surface area contributed by atoms with Crippen molar-refractivity contribution in [3.05, 3.63) is 0 Å². The highest BCUT2D eigenvalue weighted by Gasteiger charge is 2.34. The van der Waals surface area contributed by atoms with Crippen LogP contribution in [0.3, 0.4) is 0 Å². The fourth-order valence-electron chi connectivity index (χ4n) is 1.56. The molecule has 5 heteroatoms. The summed E-state index contributed by atoms with van der Waals surface area (Å²) in [6.45, 7) is 4.43. The molecule has 0 saturated carbocycles. The van der Waals surface area contributed by atoms with Crippen molar-refractivity contribution in [3.8, 4) is 0 Å². The van der Waals surface area contributed by atoms with Crippen molar-refractivity contribution in [2.75, 3.05) is 20.1 Å². The molecule has 0 aliphatic carbocycles. The van der Waals surface area contributed by atoms with E-state index in [2.05, 4.69) is 0 Å². The van der Waals surface area contributed by atoms with E-state index in [4.69, 9.17) is 0 Å². The van der Waals surface area contributed by atoms with Gasteiger partial charge in [-0.3, -0.25) is 9.59 Å². The average molecular weight is 212 g/mol. The zero-order chi connectivity index (χ0) is 11.6. The van der Waals surface area contributed by atoms with Crippen LogP contribution in [0.2, 0.25) is 0 Å². The van der Waals surface area contributed by atoms with Crippen LogP contribution in [0.5, 0.6) is 0 Å². The molecule has 0 aromatic heterocycles. The van der Waals surface area contributed by atoms with Crippen molar-refractivity contribution in [3.63, 3.8) is 0 Å². The Morgan fingerprint density at radius 3 is 2.60 bits per heavy atom. The second-order valence-corrected chi connectivity index (χ2v) is 4.09. The van der Waals surface area contributed by atoms with E-state index in [0.29, 0.717) is 13.1 Å². The molecule has 1 saturated heterocycles. The molecule has 2 atom stereocenters. The summed E-state index contributed by atoms with van der Waals surface area (Å²) in [6, 6.07) is 0.00838. The SMILES string of the molecule is CC(C=O)CN1CC(C)N(C)C(=O)C1=O. The predicted molar refractivity (Wildman–Crippen MR) is 54.0 cm³/mol. The van der Waals surface area contributed by atoms with E-state index in [1.54, 1.807) is 14.0 Å². The van der Waals surface area contributed by atoms with E-state index in [-0.39, 0.29) is 12.0 Å². The second kappa shape index (κ2) is 4.42. The highest BCUT2D eigenvalue weighted by atomic mass is 16.2. The monoisotopic (exact) mass is 212 g/mol. The minimum Gasteiger partial charge on any atom is -0.333 e. The number of hydrogen-bond donors (Lipinski definition) is 0. The third kappa shape index (κ3) is 2.34. The minimum atomic E-state index is -0.510. The maximum atomic E-state index is 11.6. The summed E-state index contributed by atoms with van der Waals surface area (Å²) in [5.41, 5.74) is 0. The fraction of sp³-hybridized carbons (Fsp3) is 0.700. The van der Waals surface area contributed by atoms with Crippen molar-refractivity contribution in [1.82, 2.24) is 9.80 Å². The Kier molecular flexibility index (Phi) is 3.44. The fourth-order valence-corrected chi connectivity index (χ4v) is 1.56. The number of hydrogen-bond acceptors (Lipinski definition) is 3. The molecule has 0 spiro atoms. The summed E-state index contributed by atoms with van der Waals surface area (Å²) < 4.78 is 0. The van der Waals surface area contributed by atoms with Gasteiger partial charge in [-0.05, 0) is 6.92 Å². The minimum absolute atomic E-state index is 0.00838. The van der Waals surface area contributed by atoms with Gasteiger partial charge >= 0.3 is 11.8 Å². The van der Waals surface area contributed by atoms with Crippen molar-refractivity contribution < 1.29 is 14.4 Å². The Hall–Kier alpha value is -1.39. The molecule has 5 nitrogen and oxygen atoms in total. The molecule has 1 aliphatic rings. The Balaban J connectivity index is 2.71. The molecule has 0 radical (unpaired) electrons. The second-order valence-electron chi connectivity index (χ2n) is 4.09. The summed E-state index contributed by atoms with van der Waals surface area (Å²) in [5.74, 6) is -1.23. The maximum Gasteiger partial charge on any atom is 0.312 e. The smallest absolute Gasteiger partial charge is 0.312 e. The van der Waals surface area contributed by atoms with Gasteiger partial charge in [0.15, 0.2) is 0 Å². The molecule has 2 unspecified atom stereocenters.